The molecule has 2 rings (SSSR count). The summed E-state index contributed by atoms with van der Waals surface area (Å²) in [5, 5.41) is 3.18. The van der Waals surface area contributed by atoms with Crippen LogP contribution in [0.1, 0.15) is 5.56 Å². The zero-order valence-corrected chi connectivity index (χ0v) is 8.76. The van der Waals surface area contributed by atoms with Crippen molar-refractivity contribution in [3.05, 3.63) is 52.7 Å². The largest absolute Gasteiger partial charge is 0.382 e. The predicted molar refractivity (Wildman–Crippen MR) is 59.3 cm³/mol. The van der Waals surface area contributed by atoms with Crippen LogP contribution in [0.5, 0.6) is 0 Å². The Morgan fingerprint density at radius 3 is 2.46 bits per heavy atom. The van der Waals surface area contributed by atoms with Crippen molar-refractivity contribution in [3.8, 4) is 0 Å². The van der Waals surface area contributed by atoms with Crippen molar-refractivity contribution < 1.29 is 0 Å². The fraction of sp³-hybridized carbons (Fsp3) is 0.0909. The first-order chi connectivity index (χ1) is 6.27. The minimum atomic E-state index is 0.893. The van der Waals surface area contributed by atoms with E-state index >= 15 is 0 Å². The van der Waals surface area contributed by atoms with Crippen LogP contribution >= 0.6 is 15.9 Å². The Labute approximate surface area is 86.3 Å². The third kappa shape index (κ3) is 1.68. The summed E-state index contributed by atoms with van der Waals surface area (Å²) < 4.78 is 1.11. The van der Waals surface area contributed by atoms with Crippen LogP contribution in [-0.4, -0.2) is 6.54 Å². The summed E-state index contributed by atoms with van der Waals surface area (Å²) in [6.07, 6.45) is 2.16. The summed E-state index contributed by atoms with van der Waals surface area (Å²) in [5.41, 5.74) is 3.45. The molecule has 1 heterocycles. The molecule has 0 bridgehead atoms. The highest BCUT2D eigenvalue weighted by atomic mass is 79.9. The molecular formula is C11H10BrN. The minimum absolute atomic E-state index is 0.893. The molecule has 0 spiro atoms. The average molecular weight is 236 g/mol. The van der Waals surface area contributed by atoms with Gasteiger partial charge in [-0.2, -0.15) is 0 Å². The lowest BCUT2D eigenvalue weighted by Gasteiger charge is -2.04. The molecular weight excluding hydrogens is 226 g/mol. The zero-order valence-electron chi connectivity index (χ0n) is 7.18. The number of benzene rings is 1. The van der Waals surface area contributed by atoms with Crippen molar-refractivity contribution >= 4 is 21.5 Å². The van der Waals surface area contributed by atoms with Gasteiger partial charge in [0.25, 0.3) is 0 Å². The maximum Gasteiger partial charge on any atom is 0.0346 e. The lowest BCUT2D eigenvalue weighted by atomic mass is 10.1. The van der Waals surface area contributed by atoms with Crippen molar-refractivity contribution in [1.82, 2.24) is 5.32 Å². The van der Waals surface area contributed by atoms with Gasteiger partial charge in [0.05, 0.1) is 0 Å². The van der Waals surface area contributed by atoms with Crippen molar-refractivity contribution in [1.29, 1.82) is 0 Å². The molecule has 0 aliphatic carbocycles. The molecule has 1 aliphatic heterocycles. The number of rotatable bonds is 1. The van der Waals surface area contributed by atoms with Crippen molar-refractivity contribution in [2.24, 2.45) is 0 Å². The van der Waals surface area contributed by atoms with Gasteiger partial charge in [-0.15, -0.1) is 0 Å². The van der Waals surface area contributed by atoms with E-state index in [9.17, 15) is 0 Å². The smallest absolute Gasteiger partial charge is 0.0346 e. The molecule has 0 aromatic heterocycles. The van der Waals surface area contributed by atoms with Crippen LogP contribution in [0.15, 0.2) is 47.1 Å². The highest BCUT2D eigenvalue weighted by Gasteiger charge is 2.09. The van der Waals surface area contributed by atoms with E-state index in [1.807, 2.05) is 12.1 Å². The van der Waals surface area contributed by atoms with Gasteiger partial charge < -0.3 is 5.32 Å². The monoisotopic (exact) mass is 235 g/mol. The summed E-state index contributed by atoms with van der Waals surface area (Å²) in [6, 6.07) is 8.27. The van der Waals surface area contributed by atoms with E-state index in [2.05, 4.69) is 46.0 Å². The number of allylic oxidation sites excluding steroid dienone is 1. The molecule has 13 heavy (non-hydrogen) atoms. The van der Waals surface area contributed by atoms with Gasteiger partial charge in [0.2, 0.25) is 0 Å². The first-order valence-corrected chi connectivity index (χ1v) is 4.96. The molecule has 2 heteroatoms. The summed E-state index contributed by atoms with van der Waals surface area (Å²) in [4.78, 5) is 0. The van der Waals surface area contributed by atoms with Gasteiger partial charge in [-0.05, 0) is 17.7 Å². The Balaban J connectivity index is 2.36. The van der Waals surface area contributed by atoms with E-state index in [4.69, 9.17) is 0 Å². The Morgan fingerprint density at radius 2 is 1.92 bits per heavy atom. The van der Waals surface area contributed by atoms with Gasteiger partial charge in [-0.25, -0.2) is 0 Å². The Kier molecular flexibility index (Phi) is 2.23. The quantitative estimate of drug-likeness (QED) is 0.790. The van der Waals surface area contributed by atoms with Crippen LogP contribution in [0.25, 0.3) is 5.57 Å². The van der Waals surface area contributed by atoms with E-state index in [0.29, 0.717) is 0 Å². The number of nitrogens with one attached hydrogen (secondary N) is 1. The van der Waals surface area contributed by atoms with Gasteiger partial charge in [0.15, 0.2) is 0 Å². The lowest BCUT2D eigenvalue weighted by Crippen LogP contribution is -2.04. The maximum atomic E-state index is 3.94. The minimum Gasteiger partial charge on any atom is -0.382 e. The Bertz CT molecular complexity index is 362. The average Bonchev–Trinajstić information content (AvgIpc) is 2.53. The molecule has 1 aromatic rings. The van der Waals surface area contributed by atoms with Crippen LogP contribution in [-0.2, 0) is 0 Å². The maximum absolute atomic E-state index is 3.94. The molecule has 0 saturated carbocycles. The summed E-state index contributed by atoms with van der Waals surface area (Å²) in [7, 11) is 0. The first kappa shape index (κ1) is 8.57. The van der Waals surface area contributed by atoms with Crippen molar-refractivity contribution in [2.45, 2.75) is 0 Å². The van der Waals surface area contributed by atoms with Crippen LogP contribution in [0, 0.1) is 0 Å². The fourth-order valence-electron chi connectivity index (χ4n) is 1.42. The van der Waals surface area contributed by atoms with Gasteiger partial charge >= 0.3 is 0 Å². The lowest BCUT2D eigenvalue weighted by molar-refractivity contribution is 0.989. The molecule has 1 N–H and O–H groups in total. The molecule has 0 amide bonds. The second kappa shape index (κ2) is 3.38. The van der Waals surface area contributed by atoms with Crippen LogP contribution in [0.2, 0.25) is 0 Å². The number of hydrogen-bond donors (Lipinski definition) is 1. The molecule has 0 atom stereocenters. The van der Waals surface area contributed by atoms with Crippen LogP contribution in [0.4, 0.5) is 0 Å². The number of hydrogen-bond acceptors (Lipinski definition) is 1. The second-order valence-electron chi connectivity index (χ2n) is 2.98. The molecule has 0 saturated heterocycles. The van der Waals surface area contributed by atoms with E-state index < -0.39 is 0 Å². The van der Waals surface area contributed by atoms with E-state index in [1.54, 1.807) is 0 Å². The topological polar surface area (TPSA) is 12.0 Å². The molecule has 0 unspecified atom stereocenters. The van der Waals surface area contributed by atoms with Gasteiger partial charge in [0, 0.05) is 22.3 Å². The number of halogens is 1. The molecule has 1 aromatic carbocycles. The highest BCUT2D eigenvalue weighted by Crippen LogP contribution is 2.24. The van der Waals surface area contributed by atoms with Gasteiger partial charge in [-0.3, -0.25) is 0 Å². The Morgan fingerprint density at radius 1 is 1.23 bits per heavy atom. The third-order valence-electron chi connectivity index (χ3n) is 2.10. The summed E-state index contributed by atoms with van der Waals surface area (Å²) in [5.74, 6) is 0. The van der Waals surface area contributed by atoms with E-state index in [-0.39, 0.29) is 0 Å². The predicted octanol–water partition coefficient (Wildman–Crippen LogP) is 2.95. The van der Waals surface area contributed by atoms with Crippen LogP contribution < -0.4 is 5.32 Å². The van der Waals surface area contributed by atoms with E-state index in [1.165, 1.54) is 11.1 Å². The normalized spacial score (nSPS) is 15.5. The van der Waals surface area contributed by atoms with E-state index in [0.717, 1.165) is 16.7 Å². The molecule has 0 radical (unpaired) electrons. The van der Waals surface area contributed by atoms with Gasteiger partial charge in [0.1, 0.15) is 0 Å². The zero-order chi connectivity index (χ0) is 9.26. The summed E-state index contributed by atoms with van der Waals surface area (Å²) in [6.45, 7) is 4.84. The van der Waals surface area contributed by atoms with Crippen LogP contribution in [0.3, 0.4) is 0 Å². The first-order valence-electron chi connectivity index (χ1n) is 4.16. The second-order valence-corrected chi connectivity index (χ2v) is 3.90. The SMILES string of the molecule is C=C1NCC=C1c1ccc(Br)cc1. The third-order valence-corrected chi connectivity index (χ3v) is 2.63. The van der Waals surface area contributed by atoms with Crippen molar-refractivity contribution in [3.63, 3.8) is 0 Å². The summed E-state index contributed by atoms with van der Waals surface area (Å²) >= 11 is 3.41. The Hall–Kier alpha value is -1.02. The highest BCUT2D eigenvalue weighted by molar-refractivity contribution is 9.10. The molecule has 1 aliphatic rings. The van der Waals surface area contributed by atoms with Crippen molar-refractivity contribution in [2.75, 3.05) is 6.54 Å². The van der Waals surface area contributed by atoms with Gasteiger partial charge in [-0.1, -0.05) is 40.7 Å². The standard InChI is InChI=1S/C11H10BrN/c1-8-11(6-7-13-8)9-2-4-10(12)5-3-9/h2-6,13H,1,7H2. The molecule has 66 valence electrons. The molecule has 0 fully saturated rings. The molecule has 1 nitrogen and oxygen atoms in total. The fourth-order valence-corrected chi connectivity index (χ4v) is 1.68.